The molecule has 1 heterocycles. The summed E-state index contributed by atoms with van der Waals surface area (Å²) in [6.45, 7) is 17.4. The van der Waals surface area contributed by atoms with Crippen molar-refractivity contribution in [2.24, 2.45) is 0 Å². The largest absolute Gasteiger partial charge is 0.545 e. The van der Waals surface area contributed by atoms with Crippen molar-refractivity contribution in [3.8, 4) is 0 Å². The lowest BCUT2D eigenvalue weighted by Gasteiger charge is -2.37. The predicted octanol–water partition coefficient (Wildman–Crippen LogP) is 5.83. The average molecular weight is 477 g/mol. The maximum absolute atomic E-state index is 12.8. The quantitative estimate of drug-likeness (QED) is 0.501. The van der Waals surface area contributed by atoms with Gasteiger partial charge in [-0.25, -0.2) is 9.59 Å². The summed E-state index contributed by atoms with van der Waals surface area (Å²) < 4.78 is 17.3. The zero-order chi connectivity index (χ0) is 24.9. The molecular weight excluding hydrogens is 436 g/mol. The number of alkyl carbamates (subject to hydrolysis) is 1. The molecule has 0 spiro atoms. The second-order valence-electron chi connectivity index (χ2n) is 10.9. The number of benzene rings is 1. The lowest BCUT2D eigenvalue weighted by molar-refractivity contribution is 0.0225. The Kier molecular flexibility index (Phi) is 8.62. The lowest BCUT2D eigenvalue weighted by Crippen LogP contribution is -2.43. The van der Waals surface area contributed by atoms with Crippen LogP contribution in [0.4, 0.5) is 9.59 Å². The van der Waals surface area contributed by atoms with Crippen LogP contribution >= 0.6 is 0 Å². The Hall–Kier alpha value is -2.48. The van der Waals surface area contributed by atoms with Crippen LogP contribution in [0.25, 0.3) is 0 Å². The van der Waals surface area contributed by atoms with Gasteiger partial charge in [-0.1, -0.05) is 51.1 Å². The summed E-state index contributed by atoms with van der Waals surface area (Å²) in [4.78, 5) is 26.6. The van der Waals surface area contributed by atoms with Crippen molar-refractivity contribution in [1.29, 1.82) is 0 Å². The molecular formula is C25H40N2O5Si. The molecule has 2 rings (SSSR count). The third kappa shape index (κ3) is 8.42. The van der Waals surface area contributed by atoms with E-state index in [0.717, 1.165) is 11.3 Å². The fourth-order valence-electron chi connectivity index (χ4n) is 3.05. The van der Waals surface area contributed by atoms with Gasteiger partial charge in [0.25, 0.3) is 0 Å². The first-order chi connectivity index (χ1) is 15.2. The van der Waals surface area contributed by atoms with Gasteiger partial charge in [0, 0.05) is 6.54 Å². The van der Waals surface area contributed by atoms with Crippen LogP contribution in [0.15, 0.2) is 42.2 Å². The van der Waals surface area contributed by atoms with Crippen LogP contribution in [-0.4, -0.2) is 50.1 Å². The molecule has 184 valence electrons. The zero-order valence-corrected chi connectivity index (χ0v) is 22.4. The standard InChI is InChI=1S/C25H40N2O5Si/c1-24(2,3)31-23(29)27-17-21(32-33(7,8)25(4,5)6)16-20(27)14-15-26-22(28)30-18-19-12-10-9-11-13-19/h9-13,16,20H,14-15,17-18H2,1-8H3,(H,26,28)/t20-/m1/s1. The van der Waals surface area contributed by atoms with E-state index in [-0.39, 0.29) is 23.8 Å². The van der Waals surface area contributed by atoms with Crippen molar-refractivity contribution in [2.45, 2.75) is 84.3 Å². The molecule has 0 aliphatic carbocycles. The van der Waals surface area contributed by atoms with Gasteiger partial charge in [-0.05, 0) is 57.0 Å². The number of rotatable bonds is 7. The van der Waals surface area contributed by atoms with Gasteiger partial charge in [-0.2, -0.15) is 0 Å². The summed E-state index contributed by atoms with van der Waals surface area (Å²) in [5.41, 5.74) is 0.333. The molecule has 1 N–H and O–H groups in total. The SMILES string of the molecule is CC(C)(C)OC(=O)N1CC(O[Si](C)(C)C(C)(C)C)=C[C@H]1CCNC(=O)OCc1ccccc1. The van der Waals surface area contributed by atoms with Crippen molar-refractivity contribution >= 4 is 20.5 Å². The molecule has 0 aromatic heterocycles. The summed E-state index contributed by atoms with van der Waals surface area (Å²) in [5, 5.41) is 2.82. The highest BCUT2D eigenvalue weighted by molar-refractivity contribution is 6.74. The van der Waals surface area contributed by atoms with Crippen LogP contribution in [-0.2, 0) is 20.5 Å². The molecule has 8 heteroatoms. The van der Waals surface area contributed by atoms with Crippen molar-refractivity contribution in [3.05, 3.63) is 47.7 Å². The van der Waals surface area contributed by atoms with E-state index >= 15 is 0 Å². The van der Waals surface area contributed by atoms with Gasteiger partial charge in [0.15, 0.2) is 0 Å². The normalized spacial score (nSPS) is 16.8. The van der Waals surface area contributed by atoms with E-state index in [1.807, 2.05) is 57.2 Å². The molecule has 0 saturated heterocycles. The molecule has 1 aliphatic heterocycles. The van der Waals surface area contributed by atoms with Gasteiger partial charge in [-0.15, -0.1) is 0 Å². The maximum atomic E-state index is 12.8. The fourth-order valence-corrected chi connectivity index (χ4v) is 4.14. The topological polar surface area (TPSA) is 77.1 Å². The molecule has 1 aromatic carbocycles. The summed E-state index contributed by atoms with van der Waals surface area (Å²) in [7, 11) is -2.04. The molecule has 33 heavy (non-hydrogen) atoms. The first-order valence-electron chi connectivity index (χ1n) is 11.5. The number of nitrogens with one attached hydrogen (secondary N) is 1. The van der Waals surface area contributed by atoms with Gasteiger partial charge in [0.2, 0.25) is 8.32 Å². The van der Waals surface area contributed by atoms with Gasteiger partial charge in [-0.3, -0.25) is 4.90 Å². The molecule has 0 saturated carbocycles. The fraction of sp³-hybridized carbons (Fsp3) is 0.600. The Morgan fingerprint density at radius 3 is 2.30 bits per heavy atom. The first kappa shape index (κ1) is 26.8. The third-order valence-electron chi connectivity index (χ3n) is 5.85. The maximum Gasteiger partial charge on any atom is 0.411 e. The van der Waals surface area contributed by atoms with Crippen LogP contribution in [0.5, 0.6) is 0 Å². The van der Waals surface area contributed by atoms with Gasteiger partial charge < -0.3 is 19.2 Å². The van der Waals surface area contributed by atoms with Crippen LogP contribution in [0, 0.1) is 0 Å². The number of carbonyl (C=O) groups excluding carboxylic acids is 2. The predicted molar refractivity (Wildman–Crippen MR) is 132 cm³/mol. The molecule has 1 aliphatic rings. The minimum absolute atomic E-state index is 0.0484. The number of carbonyl (C=O) groups is 2. The highest BCUT2D eigenvalue weighted by Crippen LogP contribution is 2.39. The molecule has 0 radical (unpaired) electrons. The Bertz CT molecular complexity index is 841. The molecule has 0 bridgehead atoms. The lowest BCUT2D eigenvalue weighted by atomic mass is 10.2. The number of ether oxygens (including phenoxy) is 2. The summed E-state index contributed by atoms with van der Waals surface area (Å²) in [6.07, 6.45) is 1.65. The number of hydrogen-bond acceptors (Lipinski definition) is 5. The molecule has 0 unspecified atom stereocenters. The van der Waals surface area contributed by atoms with Crippen LogP contribution in [0.3, 0.4) is 0 Å². The van der Waals surface area contributed by atoms with E-state index in [9.17, 15) is 9.59 Å². The average Bonchev–Trinajstić information content (AvgIpc) is 3.07. The van der Waals surface area contributed by atoms with E-state index in [0.29, 0.717) is 19.5 Å². The summed E-state index contributed by atoms with van der Waals surface area (Å²) >= 11 is 0. The Morgan fingerprint density at radius 1 is 1.09 bits per heavy atom. The first-order valence-corrected chi connectivity index (χ1v) is 14.4. The minimum atomic E-state index is -2.04. The van der Waals surface area contributed by atoms with E-state index in [1.54, 1.807) is 4.90 Å². The smallest absolute Gasteiger partial charge is 0.411 e. The van der Waals surface area contributed by atoms with E-state index < -0.39 is 20.0 Å². The van der Waals surface area contributed by atoms with Crippen LogP contribution < -0.4 is 5.32 Å². The minimum Gasteiger partial charge on any atom is -0.545 e. The number of nitrogens with zero attached hydrogens (tertiary/aromatic N) is 1. The second-order valence-corrected chi connectivity index (χ2v) is 15.7. The van der Waals surface area contributed by atoms with Crippen molar-refractivity contribution in [3.63, 3.8) is 0 Å². The van der Waals surface area contributed by atoms with Crippen LogP contribution in [0.1, 0.15) is 53.5 Å². The van der Waals surface area contributed by atoms with Crippen molar-refractivity contribution < 1.29 is 23.5 Å². The number of hydrogen-bond donors (Lipinski definition) is 1. The van der Waals surface area contributed by atoms with Gasteiger partial charge in [0.1, 0.15) is 12.2 Å². The van der Waals surface area contributed by atoms with Crippen LogP contribution in [0.2, 0.25) is 18.1 Å². The Balaban J connectivity index is 1.98. The molecule has 1 atom stereocenters. The Labute approximate surface area is 199 Å². The van der Waals surface area contributed by atoms with Crippen molar-refractivity contribution in [1.82, 2.24) is 10.2 Å². The van der Waals surface area contributed by atoms with E-state index in [2.05, 4.69) is 39.2 Å². The highest BCUT2D eigenvalue weighted by atomic mass is 28.4. The Morgan fingerprint density at radius 2 is 1.73 bits per heavy atom. The zero-order valence-electron chi connectivity index (χ0n) is 21.4. The molecule has 2 amide bonds. The van der Waals surface area contributed by atoms with Gasteiger partial charge >= 0.3 is 12.2 Å². The van der Waals surface area contributed by atoms with Gasteiger partial charge in [0.05, 0.1) is 18.3 Å². The monoisotopic (exact) mass is 476 g/mol. The molecule has 0 fully saturated rings. The number of amides is 2. The van der Waals surface area contributed by atoms with E-state index in [1.165, 1.54) is 0 Å². The third-order valence-corrected chi connectivity index (χ3v) is 10.2. The second kappa shape index (κ2) is 10.6. The summed E-state index contributed by atoms with van der Waals surface area (Å²) in [5.74, 6) is 0.795. The molecule has 1 aromatic rings. The van der Waals surface area contributed by atoms with Crippen molar-refractivity contribution in [2.75, 3.05) is 13.1 Å². The molecule has 7 nitrogen and oxygen atoms in total. The highest BCUT2D eigenvalue weighted by Gasteiger charge is 2.42. The van der Waals surface area contributed by atoms with E-state index in [4.69, 9.17) is 13.9 Å². The summed E-state index contributed by atoms with van der Waals surface area (Å²) in [6, 6.07) is 9.29.